The minimum atomic E-state index is -1.65. The van der Waals surface area contributed by atoms with Gasteiger partial charge in [0, 0.05) is 11.1 Å². The zero-order chi connectivity index (χ0) is 19.4. The normalized spacial score (nSPS) is 18.0. The molecule has 0 saturated carbocycles. The lowest BCUT2D eigenvalue weighted by molar-refractivity contribution is -0.299. The molecule has 0 amide bonds. The first-order valence-electron chi connectivity index (χ1n) is 8.53. The summed E-state index contributed by atoms with van der Waals surface area (Å²) < 4.78 is 21.6. The van der Waals surface area contributed by atoms with Gasteiger partial charge in [0.1, 0.15) is 0 Å². The number of rotatable bonds is 6. The second-order valence-electron chi connectivity index (χ2n) is 6.18. The zero-order valence-electron chi connectivity index (χ0n) is 15.5. The van der Waals surface area contributed by atoms with Crippen molar-refractivity contribution < 1.29 is 33.3 Å². The molecule has 1 fully saturated rings. The molecule has 142 valence electrons. The molecule has 1 aliphatic rings. The number of esters is 2. The molecule has 1 saturated heterocycles. The number of carbonyl (C=O) groups is 3. The lowest BCUT2D eigenvalue weighted by Gasteiger charge is -2.41. The molecule has 0 bridgehead atoms. The summed E-state index contributed by atoms with van der Waals surface area (Å²) in [6.07, 6.45) is 0. The first kappa shape index (κ1) is 20.1. The fourth-order valence-electron chi connectivity index (χ4n) is 2.64. The molecular formula is C19H24O7. The number of carbonyl (C=O) groups excluding carboxylic acids is 3. The van der Waals surface area contributed by atoms with Crippen LogP contribution in [0.2, 0.25) is 0 Å². The Bertz CT molecular complexity index is 650. The Hall–Kier alpha value is -2.25. The Balaban J connectivity index is 2.23. The van der Waals surface area contributed by atoms with E-state index in [2.05, 4.69) is 0 Å². The van der Waals surface area contributed by atoms with Gasteiger partial charge in [0.25, 0.3) is 0 Å². The van der Waals surface area contributed by atoms with E-state index in [0.29, 0.717) is 11.1 Å². The fourth-order valence-corrected chi connectivity index (χ4v) is 2.64. The van der Waals surface area contributed by atoms with Crippen molar-refractivity contribution in [2.75, 3.05) is 26.4 Å². The van der Waals surface area contributed by atoms with Crippen LogP contribution in [0.4, 0.5) is 0 Å². The van der Waals surface area contributed by atoms with Crippen molar-refractivity contribution in [3.63, 3.8) is 0 Å². The molecule has 1 aromatic carbocycles. The van der Waals surface area contributed by atoms with Gasteiger partial charge in [-0.2, -0.15) is 0 Å². The Morgan fingerprint density at radius 2 is 1.42 bits per heavy atom. The van der Waals surface area contributed by atoms with Gasteiger partial charge in [0.15, 0.2) is 11.6 Å². The first-order chi connectivity index (χ1) is 12.3. The molecule has 1 aromatic rings. The highest BCUT2D eigenvalue weighted by molar-refractivity contribution is 6.00. The van der Waals surface area contributed by atoms with Gasteiger partial charge in [-0.15, -0.1) is 0 Å². The van der Waals surface area contributed by atoms with E-state index in [-0.39, 0.29) is 32.2 Å². The van der Waals surface area contributed by atoms with Crippen molar-refractivity contribution in [2.45, 2.75) is 33.5 Å². The number of benzene rings is 1. The van der Waals surface area contributed by atoms with Crippen LogP contribution in [0.25, 0.3) is 0 Å². The zero-order valence-corrected chi connectivity index (χ0v) is 15.5. The van der Waals surface area contributed by atoms with Crippen molar-refractivity contribution >= 4 is 17.7 Å². The van der Waals surface area contributed by atoms with Gasteiger partial charge < -0.3 is 18.9 Å². The number of hydrogen-bond acceptors (Lipinski definition) is 7. The third kappa shape index (κ3) is 3.78. The first-order valence-corrected chi connectivity index (χ1v) is 8.53. The molecule has 0 aliphatic carbocycles. The van der Waals surface area contributed by atoms with E-state index >= 15 is 0 Å². The molecule has 2 rings (SSSR count). The summed E-state index contributed by atoms with van der Waals surface area (Å²) in [7, 11) is 0. The third-order valence-electron chi connectivity index (χ3n) is 4.34. The number of hydrogen-bond donors (Lipinski definition) is 0. The highest BCUT2D eigenvalue weighted by atomic mass is 16.7. The summed E-state index contributed by atoms with van der Waals surface area (Å²) in [6, 6.07) is 6.79. The molecule has 0 N–H and O–H groups in total. The van der Waals surface area contributed by atoms with Crippen LogP contribution in [0, 0.1) is 5.41 Å². The molecule has 0 unspecified atom stereocenters. The van der Waals surface area contributed by atoms with Crippen LogP contribution >= 0.6 is 0 Å². The maximum absolute atomic E-state index is 12.4. The smallest absolute Gasteiger partial charge is 0.328 e. The molecule has 0 radical (unpaired) electrons. The molecule has 7 heteroatoms. The third-order valence-corrected chi connectivity index (χ3v) is 4.34. The Labute approximate surface area is 152 Å². The van der Waals surface area contributed by atoms with Crippen molar-refractivity contribution in [2.24, 2.45) is 5.41 Å². The van der Waals surface area contributed by atoms with Crippen LogP contribution in [0.15, 0.2) is 24.3 Å². The maximum Gasteiger partial charge on any atom is 0.328 e. The van der Waals surface area contributed by atoms with Crippen molar-refractivity contribution in [3.8, 4) is 0 Å². The highest BCUT2D eigenvalue weighted by Gasteiger charge is 2.55. The van der Waals surface area contributed by atoms with Crippen molar-refractivity contribution in [1.29, 1.82) is 0 Å². The second-order valence-corrected chi connectivity index (χ2v) is 6.18. The molecule has 1 heterocycles. The summed E-state index contributed by atoms with van der Waals surface area (Å²) in [5.74, 6) is -2.66. The minimum Gasteiger partial charge on any atom is -0.465 e. The van der Waals surface area contributed by atoms with E-state index < -0.39 is 23.1 Å². The predicted molar refractivity (Wildman–Crippen MR) is 91.4 cm³/mol. The van der Waals surface area contributed by atoms with Crippen LogP contribution in [0.3, 0.4) is 0 Å². The summed E-state index contributed by atoms with van der Waals surface area (Å²) in [5, 5.41) is 0. The van der Waals surface area contributed by atoms with Gasteiger partial charge in [0.2, 0.25) is 5.41 Å². The van der Waals surface area contributed by atoms with Crippen molar-refractivity contribution in [1.82, 2.24) is 0 Å². The average molecular weight is 364 g/mol. The van der Waals surface area contributed by atoms with Gasteiger partial charge >= 0.3 is 11.9 Å². The Kier molecular flexibility index (Phi) is 6.15. The van der Waals surface area contributed by atoms with E-state index in [1.54, 1.807) is 45.0 Å². The van der Waals surface area contributed by atoms with E-state index in [9.17, 15) is 14.4 Å². The Morgan fingerprint density at radius 3 is 1.81 bits per heavy atom. The van der Waals surface area contributed by atoms with Crippen LogP contribution in [0.1, 0.15) is 43.6 Å². The Morgan fingerprint density at radius 1 is 0.962 bits per heavy atom. The molecule has 7 nitrogen and oxygen atoms in total. The predicted octanol–water partition coefficient (Wildman–Crippen LogP) is 2.22. The van der Waals surface area contributed by atoms with Crippen LogP contribution < -0.4 is 0 Å². The standard InChI is InChI=1S/C19H24O7/c1-5-23-16(21)19(17(22)24-6-2)11-25-18(4,26-12-19)15-9-7-14(8-10-15)13(3)20/h7-10H,5-6,11-12H2,1-4H3. The summed E-state index contributed by atoms with van der Waals surface area (Å²) >= 11 is 0. The molecular weight excluding hydrogens is 340 g/mol. The van der Waals surface area contributed by atoms with Crippen LogP contribution in [-0.4, -0.2) is 44.1 Å². The quantitative estimate of drug-likeness (QED) is 0.434. The lowest BCUT2D eigenvalue weighted by Crippen LogP contribution is -2.56. The molecule has 0 atom stereocenters. The molecule has 0 aromatic heterocycles. The SMILES string of the molecule is CCOC(=O)C1(C(=O)OCC)COC(C)(c2ccc(C(C)=O)cc2)OC1. The fraction of sp³-hybridized carbons (Fsp3) is 0.526. The summed E-state index contributed by atoms with van der Waals surface area (Å²) in [6.45, 7) is 6.29. The van der Waals surface area contributed by atoms with Crippen molar-refractivity contribution in [3.05, 3.63) is 35.4 Å². The summed E-state index contributed by atoms with van der Waals surface area (Å²) in [4.78, 5) is 36.2. The van der Waals surface area contributed by atoms with Gasteiger partial charge in [-0.3, -0.25) is 14.4 Å². The van der Waals surface area contributed by atoms with E-state index in [0.717, 1.165) is 0 Å². The van der Waals surface area contributed by atoms with Gasteiger partial charge in [-0.25, -0.2) is 0 Å². The topological polar surface area (TPSA) is 88.1 Å². The largest absolute Gasteiger partial charge is 0.465 e. The van der Waals surface area contributed by atoms with E-state index in [1.807, 2.05) is 0 Å². The van der Waals surface area contributed by atoms with Crippen LogP contribution in [-0.2, 0) is 34.3 Å². The summed E-state index contributed by atoms with van der Waals surface area (Å²) in [5.41, 5.74) is -0.408. The van der Waals surface area contributed by atoms with Gasteiger partial charge in [-0.05, 0) is 27.7 Å². The van der Waals surface area contributed by atoms with E-state index in [4.69, 9.17) is 18.9 Å². The highest BCUT2D eigenvalue weighted by Crippen LogP contribution is 2.38. The minimum absolute atomic E-state index is 0.0455. The molecule has 0 spiro atoms. The maximum atomic E-state index is 12.4. The van der Waals surface area contributed by atoms with Crippen LogP contribution in [0.5, 0.6) is 0 Å². The number of Topliss-reactive ketones (excluding diaryl/α,β-unsaturated/α-hetero) is 1. The number of ether oxygens (including phenoxy) is 4. The monoisotopic (exact) mass is 364 g/mol. The van der Waals surface area contributed by atoms with Gasteiger partial charge in [-0.1, -0.05) is 24.3 Å². The van der Waals surface area contributed by atoms with E-state index in [1.165, 1.54) is 6.92 Å². The molecule has 1 aliphatic heterocycles. The molecule has 26 heavy (non-hydrogen) atoms. The number of ketones is 1. The second kappa shape index (κ2) is 7.97. The lowest BCUT2D eigenvalue weighted by atomic mass is 9.88. The average Bonchev–Trinajstić information content (AvgIpc) is 2.63. The van der Waals surface area contributed by atoms with Gasteiger partial charge in [0.05, 0.1) is 26.4 Å².